The number of rotatable bonds is 6. The van der Waals surface area contributed by atoms with Crippen molar-refractivity contribution in [1.82, 2.24) is 4.31 Å². The van der Waals surface area contributed by atoms with Gasteiger partial charge in [-0.3, -0.25) is 4.79 Å². The third-order valence-electron chi connectivity index (χ3n) is 4.38. The van der Waals surface area contributed by atoms with Gasteiger partial charge in [0.05, 0.1) is 30.9 Å². The molecule has 1 fully saturated rings. The molecule has 12 heteroatoms. The summed E-state index contributed by atoms with van der Waals surface area (Å²) in [6, 6.07) is 8.96. The van der Waals surface area contributed by atoms with E-state index in [2.05, 4.69) is 5.32 Å². The average molecular weight is 476 g/mol. The topological polar surface area (TPSA) is 84.9 Å². The van der Waals surface area contributed by atoms with Gasteiger partial charge in [-0.1, -0.05) is 0 Å². The van der Waals surface area contributed by atoms with E-state index in [4.69, 9.17) is 9.47 Å². The highest BCUT2D eigenvalue weighted by Gasteiger charge is 2.29. The molecule has 0 unspecified atom stereocenters. The van der Waals surface area contributed by atoms with Crippen molar-refractivity contribution in [3.63, 3.8) is 0 Å². The Morgan fingerprint density at radius 1 is 1.13 bits per heavy atom. The Hall–Kier alpha value is -2.28. The van der Waals surface area contributed by atoms with Crippen LogP contribution in [-0.2, 0) is 14.8 Å². The number of amides is 1. The summed E-state index contributed by atoms with van der Waals surface area (Å²) in [5, 5.41) is 2.56. The quantitative estimate of drug-likeness (QED) is 0.642. The van der Waals surface area contributed by atoms with Gasteiger partial charge in [-0.2, -0.15) is 17.5 Å². The zero-order valence-electron chi connectivity index (χ0n) is 16.3. The molecule has 1 saturated heterocycles. The van der Waals surface area contributed by atoms with Gasteiger partial charge in [0.2, 0.25) is 10.0 Å². The molecule has 1 heterocycles. The summed E-state index contributed by atoms with van der Waals surface area (Å²) < 4.78 is 74.8. The minimum absolute atomic E-state index is 0.0255. The van der Waals surface area contributed by atoms with Crippen LogP contribution in [0.15, 0.2) is 52.3 Å². The average Bonchev–Trinajstić information content (AvgIpc) is 2.73. The van der Waals surface area contributed by atoms with Crippen molar-refractivity contribution >= 4 is 33.4 Å². The van der Waals surface area contributed by atoms with Gasteiger partial charge < -0.3 is 14.8 Å². The molecule has 7 nitrogen and oxygen atoms in total. The maximum Gasteiger partial charge on any atom is 0.446 e. The maximum atomic E-state index is 12.9. The van der Waals surface area contributed by atoms with E-state index in [-0.39, 0.29) is 51.6 Å². The number of morpholine rings is 1. The summed E-state index contributed by atoms with van der Waals surface area (Å²) in [6.45, 7) is 1.03. The van der Waals surface area contributed by atoms with Crippen LogP contribution in [0.1, 0.15) is 10.4 Å². The number of anilines is 1. The van der Waals surface area contributed by atoms with Crippen molar-refractivity contribution in [2.45, 2.75) is 15.3 Å². The molecular weight excluding hydrogens is 457 g/mol. The van der Waals surface area contributed by atoms with E-state index in [1.807, 2.05) is 0 Å². The molecule has 1 amide bonds. The van der Waals surface area contributed by atoms with Gasteiger partial charge in [0.25, 0.3) is 5.91 Å². The number of carbonyl (C=O) groups excluding carboxylic acids is 1. The van der Waals surface area contributed by atoms with Crippen LogP contribution in [0.3, 0.4) is 0 Å². The second-order valence-electron chi connectivity index (χ2n) is 6.40. The fourth-order valence-corrected chi connectivity index (χ4v) is 4.86. The first kappa shape index (κ1) is 23.4. The van der Waals surface area contributed by atoms with Gasteiger partial charge in [0.1, 0.15) is 5.75 Å². The molecule has 0 aliphatic carbocycles. The lowest BCUT2D eigenvalue weighted by molar-refractivity contribution is -0.0328. The zero-order chi connectivity index (χ0) is 22.6. The first-order chi connectivity index (χ1) is 14.6. The molecule has 2 aromatic carbocycles. The predicted octanol–water partition coefficient (Wildman–Crippen LogP) is 3.58. The van der Waals surface area contributed by atoms with Crippen LogP contribution in [0, 0.1) is 0 Å². The van der Waals surface area contributed by atoms with Crippen molar-refractivity contribution in [3.8, 4) is 5.75 Å². The third kappa shape index (κ3) is 5.91. The molecule has 1 aliphatic rings. The van der Waals surface area contributed by atoms with Crippen LogP contribution in [0.5, 0.6) is 5.75 Å². The number of hydrogen-bond acceptors (Lipinski definition) is 6. The normalized spacial score (nSPS) is 15.5. The molecule has 3 rings (SSSR count). The number of methoxy groups -OCH3 is 1. The summed E-state index contributed by atoms with van der Waals surface area (Å²) in [4.78, 5) is 12.5. The Bertz CT molecular complexity index is 1040. The summed E-state index contributed by atoms with van der Waals surface area (Å²) in [5.41, 5.74) is -4.20. The number of hydrogen-bond donors (Lipinski definition) is 1. The maximum absolute atomic E-state index is 12.9. The van der Waals surface area contributed by atoms with E-state index in [1.54, 1.807) is 0 Å². The minimum atomic E-state index is -4.43. The van der Waals surface area contributed by atoms with E-state index in [9.17, 15) is 26.4 Å². The highest BCUT2D eigenvalue weighted by Crippen LogP contribution is 2.37. The standard InChI is InChI=1S/C19H19F3N2O5S2/c1-28-17-7-6-15(31(26,27)24-8-10-29-11-9-24)12-16(17)23-18(25)13-2-4-14(5-3-13)30-19(20,21)22/h2-7,12H,8-11H2,1H3,(H,23,25). The van der Waals surface area contributed by atoms with Gasteiger partial charge in [-0.25, -0.2) is 8.42 Å². The molecule has 0 bridgehead atoms. The number of thioether (sulfide) groups is 1. The summed E-state index contributed by atoms with van der Waals surface area (Å²) in [7, 11) is -2.43. The number of ether oxygens (including phenoxy) is 2. The Balaban J connectivity index is 1.81. The Kier molecular flexibility index (Phi) is 7.14. The van der Waals surface area contributed by atoms with Crippen molar-refractivity contribution in [3.05, 3.63) is 48.0 Å². The zero-order valence-corrected chi connectivity index (χ0v) is 17.9. The van der Waals surface area contributed by atoms with Crippen LogP contribution < -0.4 is 10.1 Å². The smallest absolute Gasteiger partial charge is 0.446 e. The van der Waals surface area contributed by atoms with E-state index < -0.39 is 21.4 Å². The molecule has 1 N–H and O–H groups in total. The molecule has 31 heavy (non-hydrogen) atoms. The second-order valence-corrected chi connectivity index (χ2v) is 9.48. The van der Waals surface area contributed by atoms with Crippen LogP contribution in [0.25, 0.3) is 0 Å². The molecular formula is C19H19F3N2O5S2. The SMILES string of the molecule is COc1ccc(S(=O)(=O)N2CCOCC2)cc1NC(=O)c1ccc(SC(F)(F)F)cc1. The van der Waals surface area contributed by atoms with Crippen molar-refractivity contribution in [1.29, 1.82) is 0 Å². The molecule has 0 atom stereocenters. The Morgan fingerprint density at radius 2 is 1.77 bits per heavy atom. The van der Waals surface area contributed by atoms with Gasteiger partial charge in [-0.05, 0) is 54.2 Å². The largest absolute Gasteiger partial charge is 0.495 e. The first-order valence-electron chi connectivity index (χ1n) is 9.03. The number of halogens is 3. The Labute approximate surface area is 181 Å². The van der Waals surface area contributed by atoms with Gasteiger partial charge in [0.15, 0.2) is 0 Å². The minimum Gasteiger partial charge on any atom is -0.495 e. The molecule has 168 valence electrons. The summed E-state index contributed by atoms with van der Waals surface area (Å²) >= 11 is -0.283. The highest BCUT2D eigenvalue weighted by molar-refractivity contribution is 8.00. The number of nitrogens with one attached hydrogen (secondary N) is 1. The van der Waals surface area contributed by atoms with Crippen molar-refractivity contribution in [2.75, 3.05) is 38.7 Å². The van der Waals surface area contributed by atoms with Gasteiger partial charge in [-0.15, -0.1) is 0 Å². The number of nitrogens with zero attached hydrogens (tertiary/aromatic N) is 1. The lowest BCUT2D eigenvalue weighted by Crippen LogP contribution is -2.40. The molecule has 0 spiro atoms. The molecule has 0 aromatic heterocycles. The van der Waals surface area contributed by atoms with E-state index in [0.29, 0.717) is 13.2 Å². The molecule has 1 aliphatic heterocycles. The lowest BCUT2D eigenvalue weighted by atomic mass is 10.2. The fourth-order valence-electron chi connectivity index (χ4n) is 2.88. The number of benzene rings is 2. The van der Waals surface area contributed by atoms with Crippen LogP contribution in [0.2, 0.25) is 0 Å². The number of alkyl halides is 3. The van der Waals surface area contributed by atoms with Crippen LogP contribution in [0.4, 0.5) is 18.9 Å². The molecule has 0 radical (unpaired) electrons. The van der Waals surface area contributed by atoms with E-state index in [1.165, 1.54) is 53.9 Å². The van der Waals surface area contributed by atoms with Crippen LogP contribution >= 0.6 is 11.8 Å². The molecule has 0 saturated carbocycles. The van der Waals surface area contributed by atoms with E-state index in [0.717, 1.165) is 0 Å². The highest BCUT2D eigenvalue weighted by atomic mass is 32.2. The van der Waals surface area contributed by atoms with E-state index >= 15 is 0 Å². The van der Waals surface area contributed by atoms with Crippen molar-refractivity contribution in [2.24, 2.45) is 0 Å². The first-order valence-corrected chi connectivity index (χ1v) is 11.3. The monoisotopic (exact) mass is 476 g/mol. The Morgan fingerprint density at radius 3 is 2.35 bits per heavy atom. The second kappa shape index (κ2) is 9.47. The number of carbonyl (C=O) groups is 1. The predicted molar refractivity (Wildman–Crippen MR) is 109 cm³/mol. The molecule has 2 aromatic rings. The van der Waals surface area contributed by atoms with Crippen molar-refractivity contribution < 1.29 is 35.9 Å². The van der Waals surface area contributed by atoms with Crippen LogP contribution in [-0.4, -0.2) is 57.6 Å². The van der Waals surface area contributed by atoms with Gasteiger partial charge >= 0.3 is 5.51 Å². The van der Waals surface area contributed by atoms with Gasteiger partial charge in [0, 0.05) is 23.5 Å². The third-order valence-corrected chi connectivity index (χ3v) is 7.01. The lowest BCUT2D eigenvalue weighted by Gasteiger charge is -2.26. The summed E-state index contributed by atoms with van der Waals surface area (Å²) in [6.07, 6.45) is 0. The number of sulfonamides is 1. The fraction of sp³-hybridized carbons (Fsp3) is 0.316. The summed E-state index contributed by atoms with van der Waals surface area (Å²) in [5.74, 6) is -0.388.